The molecule has 742 valence electrons. The quantitative estimate of drug-likeness (QED) is 0.0119. The molecule has 7 aliphatic heterocycles. The van der Waals surface area contributed by atoms with Gasteiger partial charge in [0.25, 0.3) is 0 Å². The second-order valence-corrected chi connectivity index (χ2v) is 33.3. The summed E-state index contributed by atoms with van der Waals surface area (Å²) >= 11 is 0. The summed E-state index contributed by atoms with van der Waals surface area (Å²) in [6.07, 6.45) is -42.6. The van der Waals surface area contributed by atoms with Crippen molar-refractivity contribution in [2.45, 2.75) is 306 Å². The summed E-state index contributed by atoms with van der Waals surface area (Å²) < 4.78 is 110. The van der Waals surface area contributed by atoms with Gasteiger partial charge in [0.2, 0.25) is 0 Å². The number of fused-ring (bicyclic) bond motifs is 1. The molecule has 132 heavy (non-hydrogen) atoms. The van der Waals surface area contributed by atoms with Gasteiger partial charge in [-0.1, -0.05) is 172 Å². The largest absolute Gasteiger partial charge is 0.445 e. The molecule has 29 N–H and O–H groups in total. The Labute approximate surface area is 776 Å². The number of carbonyl (C=O) groups excluding carboxylic acids is 3. The Morgan fingerprint density at radius 1 is 0.402 bits per heavy atom. The van der Waals surface area contributed by atoms with Crippen LogP contribution in [0, 0.1) is 13.3 Å². The summed E-state index contributed by atoms with van der Waals surface area (Å²) in [6, 6.07) is 37.5. The summed E-state index contributed by atoms with van der Waals surface area (Å²) in [4.78, 5) is 40.7. The van der Waals surface area contributed by atoms with Crippen LogP contribution in [-0.4, -0.2) is 344 Å². The first-order chi connectivity index (χ1) is 61.6. The van der Waals surface area contributed by atoms with Crippen molar-refractivity contribution in [2.75, 3.05) is 26.4 Å². The first-order valence-corrected chi connectivity index (χ1v) is 43.2. The number of hydrogen-bond donors (Lipinski definition) is 20. The average molecular weight is 1970 g/mol. The molecule has 0 spiro atoms. The molecule has 2 aliphatic carbocycles. The van der Waals surface area contributed by atoms with Gasteiger partial charge in [-0.25, -0.2) is 14.4 Å². The van der Waals surface area contributed by atoms with Crippen molar-refractivity contribution in [1.29, 1.82) is 0 Å². The van der Waals surface area contributed by atoms with E-state index in [1.165, 1.54) is 0 Å². The van der Waals surface area contributed by atoms with Crippen LogP contribution in [0.25, 0.3) is 0 Å². The Kier molecular flexibility index (Phi) is 42.1. The third-order valence-corrected chi connectivity index (χ3v) is 24.5. The Hall–Kier alpha value is -6.79. The number of hydrogen-bond acceptors (Lipinski definition) is 38. The molecule has 7 heterocycles. The van der Waals surface area contributed by atoms with Crippen molar-refractivity contribution >= 4 is 18.3 Å². The summed E-state index contributed by atoms with van der Waals surface area (Å²) in [5, 5.41) is 140. The molecular weight excluding hydrogens is 1840 g/mol. The summed E-state index contributed by atoms with van der Waals surface area (Å²) in [7, 11) is 0. The molecule has 0 bridgehead atoms. The standard InChI is InChI=1S/C57H71N3O19.C30H51N5O14.CH3.2H2O.Pd/c1-4-38-44(63)45(64)41(60-57(68)72-29-34-22-14-8-15-23-34)53(73-38)78-48-39(5-2)74-54(46(48)65)79-50-43(62)36(58-55(66)70-27-32-18-10-6-11-19-32)26-37(59-56(67)71-28-33-20-12-7-13-21-33)47(50)76-51-31(3)42(61)49-40(75-51)30-69-52(77-49)35-24-16-9-17-25-35;31-12-8-13(32)23(46-28-16(33)20(40)19(39)14(9-36)44-28)25(18(12)38)48-30-26(43-7-6-11-4-2-1-3-5-11)24(15(10-37)45-30)47-29-17(34)21(41)22(42)27(35)49-29;;;;/h6-25,31,36-54,61-65H,4-5,26-30H2,1-3H3,(H,58,66)(H,59,67)(H,60,68);1-5,12-30,36-42H,6-10,31-35H2;1H3;2*1H2;/q;;-1;;;. The number of amides is 3. The molecule has 2 saturated carbocycles. The van der Waals surface area contributed by atoms with Gasteiger partial charge in [0.05, 0.1) is 75.0 Å². The summed E-state index contributed by atoms with van der Waals surface area (Å²) in [5.74, 6) is -0.813. The van der Waals surface area contributed by atoms with Gasteiger partial charge in [0, 0.05) is 44.0 Å². The van der Waals surface area contributed by atoms with Crippen LogP contribution < -0.4 is 44.6 Å². The Balaban J connectivity index is 0.000000319. The van der Waals surface area contributed by atoms with E-state index in [0.29, 0.717) is 23.1 Å². The van der Waals surface area contributed by atoms with Crippen LogP contribution in [0.15, 0.2) is 152 Å². The van der Waals surface area contributed by atoms with Crippen LogP contribution >= 0.6 is 0 Å². The van der Waals surface area contributed by atoms with Crippen molar-refractivity contribution in [1.82, 2.24) is 16.0 Å². The molecule has 7 saturated heterocycles. The van der Waals surface area contributed by atoms with Crippen molar-refractivity contribution in [3.8, 4) is 0 Å². The molecule has 0 aromatic heterocycles. The van der Waals surface area contributed by atoms with E-state index >= 15 is 0 Å². The number of aliphatic hydroxyl groups excluding tert-OH is 12. The van der Waals surface area contributed by atoms with Crippen LogP contribution in [0.3, 0.4) is 0 Å². The molecule has 44 heteroatoms. The maximum atomic E-state index is 13.9. The predicted molar refractivity (Wildman–Crippen MR) is 455 cm³/mol. The number of benzene rings is 5. The number of carbonyl (C=O) groups is 3. The number of nitrogens with one attached hydrogen (secondary N) is 3. The van der Waals surface area contributed by atoms with Crippen molar-refractivity contribution in [3.63, 3.8) is 0 Å². The van der Waals surface area contributed by atoms with E-state index in [9.17, 15) is 75.7 Å². The van der Waals surface area contributed by atoms with Gasteiger partial charge in [-0.2, -0.15) is 0 Å². The Morgan fingerprint density at radius 3 is 1.42 bits per heavy atom. The molecule has 39 unspecified atom stereocenters. The zero-order chi connectivity index (χ0) is 91.1. The number of alkyl carbamates (subject to hydrolysis) is 3. The normalized spacial score (nSPS) is 38.8. The number of rotatable bonds is 30. The first-order valence-electron chi connectivity index (χ1n) is 43.2. The molecule has 5 aromatic carbocycles. The minimum Gasteiger partial charge on any atom is -0.445 e. The molecule has 14 rings (SSSR count). The number of ether oxygens (including phenoxy) is 18. The second-order valence-electron chi connectivity index (χ2n) is 33.3. The molecule has 9 fully saturated rings. The summed E-state index contributed by atoms with van der Waals surface area (Å²) in [5.41, 5.74) is 34.5. The Bertz CT molecular complexity index is 4200. The number of nitrogens with two attached hydrogens (primary N) is 5. The fourth-order valence-corrected chi connectivity index (χ4v) is 17.1. The molecule has 9 aliphatic rings. The Morgan fingerprint density at radius 2 is 0.856 bits per heavy atom. The van der Waals surface area contributed by atoms with Gasteiger partial charge in [-0.15, -0.1) is 0 Å². The zero-order valence-electron chi connectivity index (χ0n) is 73.1. The van der Waals surface area contributed by atoms with E-state index in [2.05, 4.69) is 16.0 Å². The van der Waals surface area contributed by atoms with Gasteiger partial charge < -0.3 is 210 Å². The predicted octanol–water partition coefficient (Wildman–Crippen LogP) is -3.86. The van der Waals surface area contributed by atoms with Gasteiger partial charge in [0.15, 0.2) is 44.0 Å². The van der Waals surface area contributed by atoms with Gasteiger partial charge >= 0.3 is 18.3 Å². The van der Waals surface area contributed by atoms with E-state index in [1.54, 1.807) is 93.6 Å². The maximum absolute atomic E-state index is 13.9. The summed E-state index contributed by atoms with van der Waals surface area (Å²) in [6.45, 7) is 3.72. The first kappa shape index (κ1) is 109. The van der Waals surface area contributed by atoms with Crippen LogP contribution in [0.1, 0.15) is 80.6 Å². The molecule has 3 amide bonds. The molecule has 39 atom stereocenters. The average Bonchev–Trinajstić information content (AvgIpc) is 1.73. The van der Waals surface area contributed by atoms with E-state index in [0.717, 1.165) is 11.1 Å². The van der Waals surface area contributed by atoms with Crippen LogP contribution in [0.2, 0.25) is 0 Å². The van der Waals surface area contributed by atoms with E-state index in [-0.39, 0.29) is 97.5 Å². The molecule has 5 aromatic rings. The van der Waals surface area contributed by atoms with Gasteiger partial charge in [-0.05, 0) is 54.4 Å². The second kappa shape index (κ2) is 51.0. The topological polar surface area (TPSA) is 689 Å². The van der Waals surface area contributed by atoms with Gasteiger partial charge in [0.1, 0.15) is 148 Å². The molecule has 43 nitrogen and oxygen atoms in total. The van der Waals surface area contributed by atoms with Crippen molar-refractivity contribution in [3.05, 3.63) is 187 Å². The SMILES string of the molecule is CCC1OC(OC2C(CC)OC(OC3C(O)C(NC(=O)OCc4ccccc4)CC(NC(=O)OCc4ccccc4)C3OC3OC4COC(c5ccccc5)OC4C(O)C3C)C2O)C(NC(=O)OCc2ccccc2)C(O)C1O.NC1CC(N)C(OC2OC(CO)C(O)C(O)C2N)C(OC2OC(CO)C(OC3OC(N)C(O)C(O)C3N)C2OCCc2ccccc2)C1O.O.O.[CH3-].[Pd]. The van der Waals surface area contributed by atoms with Gasteiger partial charge in [-0.3, -0.25) is 0 Å². The maximum Gasteiger partial charge on any atom is 0.407 e. The molecular formula is C88H129N8O35Pd-. The van der Waals surface area contributed by atoms with Crippen molar-refractivity contribution < 1.29 is 192 Å². The minimum atomic E-state index is -1.69. The van der Waals surface area contributed by atoms with Crippen molar-refractivity contribution in [2.24, 2.45) is 34.6 Å². The number of aliphatic hydroxyl groups is 12. The monoisotopic (exact) mass is 1960 g/mol. The van der Waals surface area contributed by atoms with E-state index < -0.39 is 270 Å². The fraction of sp³-hybridized carbons (Fsp3) is 0.614. The van der Waals surface area contributed by atoms with Crippen LogP contribution in [0.5, 0.6) is 0 Å². The fourth-order valence-electron chi connectivity index (χ4n) is 17.1. The molecule has 0 radical (unpaired) electrons. The smallest absolute Gasteiger partial charge is 0.407 e. The van der Waals surface area contributed by atoms with E-state index in [1.807, 2.05) is 78.9 Å². The third kappa shape index (κ3) is 26.6. The van der Waals surface area contributed by atoms with Crippen LogP contribution in [-0.2, 0) is 132 Å². The third-order valence-electron chi connectivity index (χ3n) is 24.5. The van der Waals surface area contributed by atoms with E-state index in [4.69, 9.17) is 114 Å². The minimum absolute atomic E-state index is 0. The zero-order valence-corrected chi connectivity index (χ0v) is 74.6. The van der Waals surface area contributed by atoms with Crippen LogP contribution in [0.4, 0.5) is 14.4 Å².